The molecular weight excluding hydrogens is 342 g/mol. The molecule has 1 unspecified atom stereocenters. The standard InChI is InChI=1S/C18H20BrNO2/c1-13-4-2-3-9-20(13)18(21)12-22-17-8-6-14-10-16(19)7-5-15(14)11-17/h5-8,10-11,13H,2-4,9,12H2,1H3. The topological polar surface area (TPSA) is 29.5 Å². The molecule has 2 aromatic carbocycles. The summed E-state index contributed by atoms with van der Waals surface area (Å²) in [5.41, 5.74) is 0. The van der Waals surface area contributed by atoms with Gasteiger partial charge in [-0.25, -0.2) is 0 Å². The van der Waals surface area contributed by atoms with Crippen molar-refractivity contribution in [1.29, 1.82) is 0 Å². The van der Waals surface area contributed by atoms with Gasteiger partial charge < -0.3 is 9.64 Å². The van der Waals surface area contributed by atoms with Crippen LogP contribution in [-0.4, -0.2) is 30.0 Å². The van der Waals surface area contributed by atoms with Crippen LogP contribution in [0.25, 0.3) is 10.8 Å². The van der Waals surface area contributed by atoms with Crippen LogP contribution in [0.2, 0.25) is 0 Å². The largest absolute Gasteiger partial charge is 0.484 e. The fourth-order valence-corrected chi connectivity index (χ4v) is 3.36. The molecule has 1 fully saturated rings. The molecule has 0 bridgehead atoms. The van der Waals surface area contributed by atoms with Crippen LogP contribution in [0.3, 0.4) is 0 Å². The Morgan fingerprint density at radius 1 is 1.23 bits per heavy atom. The van der Waals surface area contributed by atoms with Gasteiger partial charge in [-0.15, -0.1) is 0 Å². The predicted molar refractivity (Wildman–Crippen MR) is 92.2 cm³/mol. The van der Waals surface area contributed by atoms with Crippen LogP contribution in [-0.2, 0) is 4.79 Å². The van der Waals surface area contributed by atoms with Crippen molar-refractivity contribution in [3.63, 3.8) is 0 Å². The molecule has 0 radical (unpaired) electrons. The van der Waals surface area contributed by atoms with E-state index in [0.29, 0.717) is 6.04 Å². The lowest BCUT2D eigenvalue weighted by Crippen LogP contribution is -2.44. The quantitative estimate of drug-likeness (QED) is 0.811. The van der Waals surface area contributed by atoms with Gasteiger partial charge in [-0.3, -0.25) is 4.79 Å². The van der Waals surface area contributed by atoms with Crippen LogP contribution < -0.4 is 4.74 Å². The zero-order chi connectivity index (χ0) is 15.5. The average molecular weight is 362 g/mol. The fourth-order valence-electron chi connectivity index (χ4n) is 2.98. The number of ether oxygens (including phenoxy) is 1. The van der Waals surface area contributed by atoms with Gasteiger partial charge in [0.05, 0.1) is 0 Å². The lowest BCUT2D eigenvalue weighted by Gasteiger charge is -2.33. The van der Waals surface area contributed by atoms with Crippen molar-refractivity contribution in [3.8, 4) is 5.75 Å². The smallest absolute Gasteiger partial charge is 0.260 e. The number of carbonyl (C=O) groups is 1. The van der Waals surface area contributed by atoms with Crippen molar-refractivity contribution in [3.05, 3.63) is 40.9 Å². The van der Waals surface area contributed by atoms with Gasteiger partial charge in [-0.2, -0.15) is 0 Å². The summed E-state index contributed by atoms with van der Waals surface area (Å²) in [6.45, 7) is 3.09. The molecule has 4 heteroatoms. The zero-order valence-corrected chi connectivity index (χ0v) is 14.3. The Hall–Kier alpha value is -1.55. The van der Waals surface area contributed by atoms with Crippen molar-refractivity contribution < 1.29 is 9.53 Å². The van der Waals surface area contributed by atoms with Crippen LogP contribution >= 0.6 is 15.9 Å². The SMILES string of the molecule is CC1CCCCN1C(=O)COc1ccc2cc(Br)ccc2c1. The Morgan fingerprint density at radius 2 is 2.00 bits per heavy atom. The number of benzene rings is 2. The third-order valence-corrected chi connectivity index (χ3v) is 4.75. The maximum Gasteiger partial charge on any atom is 0.260 e. The molecule has 3 rings (SSSR count). The normalized spacial score (nSPS) is 18.5. The predicted octanol–water partition coefficient (Wildman–Crippen LogP) is 4.38. The molecule has 0 saturated carbocycles. The molecule has 1 atom stereocenters. The molecule has 1 aliphatic rings. The van der Waals surface area contributed by atoms with Crippen LogP contribution in [0.1, 0.15) is 26.2 Å². The van der Waals surface area contributed by atoms with E-state index in [0.717, 1.165) is 40.4 Å². The Balaban J connectivity index is 1.65. The average Bonchev–Trinajstić information content (AvgIpc) is 2.53. The van der Waals surface area contributed by atoms with Crippen molar-refractivity contribution in [1.82, 2.24) is 4.90 Å². The number of halogens is 1. The van der Waals surface area contributed by atoms with Gasteiger partial charge in [-0.05, 0) is 61.2 Å². The van der Waals surface area contributed by atoms with E-state index in [2.05, 4.69) is 28.9 Å². The van der Waals surface area contributed by atoms with E-state index >= 15 is 0 Å². The molecule has 22 heavy (non-hydrogen) atoms. The zero-order valence-electron chi connectivity index (χ0n) is 12.7. The summed E-state index contributed by atoms with van der Waals surface area (Å²) in [6, 6.07) is 12.4. The number of amides is 1. The summed E-state index contributed by atoms with van der Waals surface area (Å²) < 4.78 is 6.76. The number of hydrogen-bond acceptors (Lipinski definition) is 2. The Labute approximate surface area is 139 Å². The van der Waals surface area contributed by atoms with E-state index in [1.807, 2.05) is 35.2 Å². The molecule has 116 valence electrons. The molecule has 1 aliphatic heterocycles. The first kappa shape index (κ1) is 15.3. The molecule has 0 aromatic heterocycles. The second-order valence-electron chi connectivity index (χ2n) is 5.87. The van der Waals surface area contributed by atoms with Crippen molar-refractivity contribution >= 4 is 32.6 Å². The monoisotopic (exact) mass is 361 g/mol. The van der Waals surface area contributed by atoms with Gasteiger partial charge in [0.2, 0.25) is 0 Å². The minimum atomic E-state index is 0.0862. The lowest BCUT2D eigenvalue weighted by molar-refractivity contribution is -0.136. The van der Waals surface area contributed by atoms with Gasteiger partial charge >= 0.3 is 0 Å². The highest BCUT2D eigenvalue weighted by Gasteiger charge is 2.23. The minimum absolute atomic E-state index is 0.0862. The number of piperidine rings is 1. The number of carbonyl (C=O) groups excluding carboxylic acids is 1. The number of nitrogens with zero attached hydrogens (tertiary/aromatic N) is 1. The molecule has 0 aliphatic carbocycles. The van der Waals surface area contributed by atoms with Crippen LogP contribution in [0.5, 0.6) is 5.75 Å². The molecule has 1 amide bonds. The summed E-state index contributed by atoms with van der Waals surface area (Å²) in [7, 11) is 0. The Morgan fingerprint density at radius 3 is 2.82 bits per heavy atom. The second kappa shape index (κ2) is 6.69. The minimum Gasteiger partial charge on any atom is -0.484 e. The summed E-state index contributed by atoms with van der Waals surface area (Å²) in [6.07, 6.45) is 3.41. The first-order chi connectivity index (χ1) is 10.6. The van der Waals surface area contributed by atoms with E-state index in [4.69, 9.17) is 4.74 Å². The molecule has 3 nitrogen and oxygen atoms in total. The summed E-state index contributed by atoms with van der Waals surface area (Å²) in [5.74, 6) is 0.830. The summed E-state index contributed by atoms with van der Waals surface area (Å²) in [5, 5.41) is 2.26. The van der Waals surface area contributed by atoms with Gasteiger partial charge in [0.25, 0.3) is 5.91 Å². The first-order valence-electron chi connectivity index (χ1n) is 7.75. The Kier molecular flexibility index (Phi) is 4.67. The van der Waals surface area contributed by atoms with Crippen LogP contribution in [0.4, 0.5) is 0 Å². The summed E-state index contributed by atoms with van der Waals surface area (Å²) >= 11 is 3.47. The molecule has 1 saturated heterocycles. The van der Waals surface area contributed by atoms with Crippen molar-refractivity contribution in [2.24, 2.45) is 0 Å². The highest BCUT2D eigenvalue weighted by atomic mass is 79.9. The Bertz CT molecular complexity index is 686. The first-order valence-corrected chi connectivity index (χ1v) is 8.54. The number of hydrogen-bond donors (Lipinski definition) is 0. The molecule has 1 heterocycles. The summed E-state index contributed by atoms with van der Waals surface area (Å²) in [4.78, 5) is 14.2. The van der Waals surface area contributed by atoms with Gasteiger partial charge in [-0.1, -0.05) is 28.1 Å². The lowest BCUT2D eigenvalue weighted by atomic mass is 10.0. The highest BCUT2D eigenvalue weighted by molar-refractivity contribution is 9.10. The maximum absolute atomic E-state index is 12.3. The number of likely N-dealkylation sites (tertiary alicyclic amines) is 1. The highest BCUT2D eigenvalue weighted by Crippen LogP contribution is 2.24. The van der Waals surface area contributed by atoms with E-state index in [-0.39, 0.29) is 12.5 Å². The van der Waals surface area contributed by atoms with Crippen molar-refractivity contribution in [2.75, 3.05) is 13.2 Å². The van der Waals surface area contributed by atoms with E-state index in [9.17, 15) is 4.79 Å². The molecule has 0 N–H and O–H groups in total. The molecular formula is C18H20BrNO2. The molecule has 0 spiro atoms. The molecule has 2 aromatic rings. The van der Waals surface area contributed by atoms with Crippen LogP contribution in [0, 0.1) is 0 Å². The number of fused-ring (bicyclic) bond motifs is 1. The second-order valence-corrected chi connectivity index (χ2v) is 6.79. The third kappa shape index (κ3) is 3.43. The fraction of sp³-hybridized carbons (Fsp3) is 0.389. The van der Waals surface area contributed by atoms with E-state index in [1.165, 1.54) is 6.42 Å². The van der Waals surface area contributed by atoms with Gasteiger partial charge in [0.1, 0.15) is 5.75 Å². The van der Waals surface area contributed by atoms with Crippen LogP contribution in [0.15, 0.2) is 40.9 Å². The van der Waals surface area contributed by atoms with E-state index < -0.39 is 0 Å². The maximum atomic E-state index is 12.3. The van der Waals surface area contributed by atoms with E-state index in [1.54, 1.807) is 0 Å². The van der Waals surface area contributed by atoms with Crippen molar-refractivity contribution in [2.45, 2.75) is 32.2 Å². The third-order valence-electron chi connectivity index (χ3n) is 4.26. The van der Waals surface area contributed by atoms with Gasteiger partial charge in [0.15, 0.2) is 6.61 Å². The van der Waals surface area contributed by atoms with Gasteiger partial charge in [0, 0.05) is 17.1 Å². The number of rotatable bonds is 3.